The second-order valence-corrected chi connectivity index (χ2v) is 8.54. The van der Waals surface area contributed by atoms with E-state index in [0.29, 0.717) is 40.4 Å². The van der Waals surface area contributed by atoms with Crippen molar-refractivity contribution in [1.29, 1.82) is 0 Å². The molecule has 7 nitrogen and oxygen atoms in total. The van der Waals surface area contributed by atoms with Gasteiger partial charge in [0, 0.05) is 24.6 Å². The van der Waals surface area contributed by atoms with E-state index in [4.69, 9.17) is 9.97 Å². The van der Waals surface area contributed by atoms with E-state index in [0.717, 1.165) is 11.1 Å². The number of carboxylic acid groups (broad SMARTS) is 1. The minimum Gasteiger partial charge on any atom is -0.508 e. The summed E-state index contributed by atoms with van der Waals surface area (Å²) in [5, 5.41) is 29.0. The van der Waals surface area contributed by atoms with Crippen molar-refractivity contribution in [3.8, 4) is 22.8 Å². The molecule has 0 spiro atoms. The monoisotopic (exact) mass is 483 g/mol. The number of carboxylic acids is 1. The second-order valence-electron chi connectivity index (χ2n) is 8.54. The van der Waals surface area contributed by atoms with Crippen LogP contribution in [0.2, 0.25) is 0 Å². The fraction of sp³-hybridized carbons (Fsp3) is 0.107. The predicted molar refractivity (Wildman–Crippen MR) is 132 cm³/mol. The molecule has 8 heteroatoms. The quantitative estimate of drug-likeness (QED) is 0.308. The highest BCUT2D eigenvalue weighted by Crippen LogP contribution is 2.27. The number of benzene rings is 3. The average Bonchev–Trinajstić information content (AvgIpc) is 3.17. The fourth-order valence-electron chi connectivity index (χ4n) is 4.21. The minimum atomic E-state index is -1.00. The Kier molecular flexibility index (Phi) is 6.08. The van der Waals surface area contributed by atoms with Crippen LogP contribution < -0.4 is 0 Å². The van der Waals surface area contributed by atoms with Gasteiger partial charge in [-0.15, -0.1) is 0 Å². The van der Waals surface area contributed by atoms with Crippen molar-refractivity contribution in [2.24, 2.45) is 0 Å². The van der Waals surface area contributed by atoms with Crippen LogP contribution in [0, 0.1) is 5.82 Å². The number of hydrogen-bond acceptors (Lipinski definition) is 5. The topological polar surface area (TPSA) is 108 Å². The summed E-state index contributed by atoms with van der Waals surface area (Å²) < 4.78 is 15.6. The molecule has 0 amide bonds. The lowest BCUT2D eigenvalue weighted by atomic mass is 10.1. The van der Waals surface area contributed by atoms with Crippen molar-refractivity contribution in [2.45, 2.75) is 19.3 Å². The second kappa shape index (κ2) is 9.50. The Labute approximate surface area is 205 Å². The molecule has 3 N–H and O–H groups in total. The zero-order valence-electron chi connectivity index (χ0n) is 19.1. The van der Waals surface area contributed by atoms with Crippen LogP contribution in [0.25, 0.3) is 16.9 Å². The molecule has 0 aliphatic heterocycles. The van der Waals surface area contributed by atoms with E-state index >= 15 is 0 Å². The summed E-state index contributed by atoms with van der Waals surface area (Å²) in [6, 6.07) is 19.4. The highest BCUT2D eigenvalue weighted by Gasteiger charge is 2.20. The fourth-order valence-corrected chi connectivity index (χ4v) is 4.21. The van der Waals surface area contributed by atoms with Crippen molar-refractivity contribution >= 4 is 11.6 Å². The minimum absolute atomic E-state index is 0.116. The molecule has 0 bridgehead atoms. The summed E-state index contributed by atoms with van der Waals surface area (Å²) in [6.07, 6.45) is 2.13. The highest BCUT2D eigenvalue weighted by molar-refractivity contribution is 5.71. The number of fused-ring (bicyclic) bond motifs is 1. The molecule has 0 fully saturated rings. The standard InChI is InChI=1S/C28H22FN3O4/c29-20-3-1-2-18(12-20)14-24-28-31-23(13-17-4-8-21(33)9-5-17)26(15-27(35)36)32(28)16-25(30-24)19-6-10-22(34)11-7-19/h1-12,16,33-34H,13-15H2,(H,35,36). The van der Waals surface area contributed by atoms with Crippen molar-refractivity contribution in [3.63, 3.8) is 0 Å². The van der Waals surface area contributed by atoms with Gasteiger partial charge in [0.15, 0.2) is 5.65 Å². The Balaban J connectivity index is 1.70. The predicted octanol–water partition coefficient (Wildman–Crippen LogP) is 4.76. The first-order valence-electron chi connectivity index (χ1n) is 11.3. The van der Waals surface area contributed by atoms with E-state index in [-0.39, 0.29) is 30.2 Å². The first-order valence-corrected chi connectivity index (χ1v) is 11.3. The van der Waals surface area contributed by atoms with Gasteiger partial charge in [0.2, 0.25) is 0 Å². The molecule has 3 aromatic carbocycles. The van der Waals surface area contributed by atoms with Gasteiger partial charge in [-0.3, -0.25) is 9.20 Å². The number of rotatable bonds is 7. The smallest absolute Gasteiger partial charge is 0.309 e. The zero-order chi connectivity index (χ0) is 25.2. The summed E-state index contributed by atoms with van der Waals surface area (Å²) in [7, 11) is 0. The van der Waals surface area contributed by atoms with E-state index in [2.05, 4.69) is 0 Å². The SMILES string of the molecule is O=C(O)Cc1c(Cc2ccc(O)cc2)nc2c(Cc3cccc(F)c3)nc(-c3ccc(O)cc3)cn12. The molecule has 0 radical (unpaired) electrons. The maximum atomic E-state index is 13.9. The van der Waals surface area contributed by atoms with Gasteiger partial charge in [-0.2, -0.15) is 0 Å². The number of carbonyl (C=O) groups is 1. The maximum absolute atomic E-state index is 13.9. The molecular formula is C28H22FN3O4. The Morgan fingerprint density at radius 2 is 1.50 bits per heavy atom. The summed E-state index contributed by atoms with van der Waals surface area (Å²) >= 11 is 0. The zero-order valence-corrected chi connectivity index (χ0v) is 19.1. The summed E-state index contributed by atoms with van der Waals surface area (Å²) in [5.41, 5.74) is 5.00. The molecule has 2 heterocycles. The number of aromatic hydroxyl groups is 2. The molecule has 180 valence electrons. The average molecular weight is 483 g/mol. The number of aromatic nitrogens is 3. The molecule has 36 heavy (non-hydrogen) atoms. The van der Waals surface area contributed by atoms with Gasteiger partial charge in [0.25, 0.3) is 0 Å². The Hall–Kier alpha value is -4.72. The van der Waals surface area contributed by atoms with Crippen LogP contribution in [-0.4, -0.2) is 35.7 Å². The lowest BCUT2D eigenvalue weighted by molar-refractivity contribution is -0.136. The lowest BCUT2D eigenvalue weighted by Gasteiger charge is -2.10. The summed E-state index contributed by atoms with van der Waals surface area (Å²) in [6.45, 7) is 0. The van der Waals surface area contributed by atoms with E-state index in [1.165, 1.54) is 12.1 Å². The molecule has 0 aliphatic carbocycles. The van der Waals surface area contributed by atoms with E-state index in [1.54, 1.807) is 71.3 Å². The van der Waals surface area contributed by atoms with Gasteiger partial charge in [0.05, 0.1) is 29.2 Å². The molecule has 5 rings (SSSR count). The normalized spacial score (nSPS) is 11.1. The molecule has 0 saturated heterocycles. The molecule has 5 aromatic rings. The van der Waals surface area contributed by atoms with Crippen LogP contribution in [0.1, 0.15) is 28.2 Å². The molecule has 2 aromatic heterocycles. The first-order chi connectivity index (χ1) is 17.4. The summed E-state index contributed by atoms with van der Waals surface area (Å²) in [5.74, 6) is -1.11. The number of hydrogen-bond donors (Lipinski definition) is 3. The highest BCUT2D eigenvalue weighted by atomic mass is 19.1. The van der Waals surface area contributed by atoms with Crippen LogP contribution in [0.4, 0.5) is 4.39 Å². The van der Waals surface area contributed by atoms with Crippen LogP contribution in [0.3, 0.4) is 0 Å². The first kappa shape index (κ1) is 23.0. The Morgan fingerprint density at radius 1 is 0.833 bits per heavy atom. The number of phenols is 2. The third-order valence-corrected chi connectivity index (χ3v) is 5.91. The van der Waals surface area contributed by atoms with Gasteiger partial charge < -0.3 is 15.3 Å². The van der Waals surface area contributed by atoms with E-state index < -0.39 is 5.97 Å². The van der Waals surface area contributed by atoms with Crippen molar-refractivity contribution in [1.82, 2.24) is 14.4 Å². The largest absolute Gasteiger partial charge is 0.508 e. The number of halogens is 1. The Bertz CT molecular complexity index is 1560. The third kappa shape index (κ3) is 4.88. The van der Waals surface area contributed by atoms with Gasteiger partial charge in [-0.1, -0.05) is 24.3 Å². The molecular weight excluding hydrogens is 461 g/mol. The molecule has 0 aliphatic rings. The van der Waals surface area contributed by atoms with Gasteiger partial charge in [-0.25, -0.2) is 14.4 Å². The number of aliphatic carboxylic acids is 1. The van der Waals surface area contributed by atoms with E-state index in [1.807, 2.05) is 0 Å². The molecule has 0 saturated carbocycles. The van der Waals surface area contributed by atoms with Crippen molar-refractivity contribution in [2.75, 3.05) is 0 Å². The van der Waals surface area contributed by atoms with E-state index in [9.17, 15) is 24.5 Å². The number of nitrogens with zero attached hydrogens (tertiary/aromatic N) is 3. The maximum Gasteiger partial charge on any atom is 0.309 e. The molecule has 0 unspecified atom stereocenters. The van der Waals surface area contributed by atoms with Gasteiger partial charge in [-0.05, 0) is 59.7 Å². The Morgan fingerprint density at radius 3 is 2.17 bits per heavy atom. The van der Waals surface area contributed by atoms with Gasteiger partial charge in [0.1, 0.15) is 17.3 Å². The lowest BCUT2D eigenvalue weighted by Crippen LogP contribution is -2.08. The van der Waals surface area contributed by atoms with Crippen LogP contribution >= 0.6 is 0 Å². The van der Waals surface area contributed by atoms with Gasteiger partial charge >= 0.3 is 5.97 Å². The van der Waals surface area contributed by atoms with Crippen LogP contribution in [-0.2, 0) is 24.1 Å². The van der Waals surface area contributed by atoms with Crippen LogP contribution in [0.15, 0.2) is 79.0 Å². The third-order valence-electron chi connectivity index (χ3n) is 5.91. The van der Waals surface area contributed by atoms with Crippen molar-refractivity contribution < 1.29 is 24.5 Å². The molecule has 0 atom stereocenters. The van der Waals surface area contributed by atoms with Crippen molar-refractivity contribution in [3.05, 3.63) is 113 Å². The summed E-state index contributed by atoms with van der Waals surface area (Å²) in [4.78, 5) is 21.4. The number of phenolic OH excluding ortho intramolecular Hbond substituents is 2. The number of imidazole rings is 1. The van der Waals surface area contributed by atoms with Crippen LogP contribution in [0.5, 0.6) is 11.5 Å².